The van der Waals surface area contributed by atoms with Crippen LogP contribution >= 0.6 is 15.9 Å². The van der Waals surface area contributed by atoms with Gasteiger partial charge in [0.15, 0.2) is 0 Å². The van der Waals surface area contributed by atoms with Crippen LogP contribution in [0.2, 0.25) is 0 Å². The molecule has 1 rings (SSSR count). The van der Waals surface area contributed by atoms with E-state index < -0.39 is 0 Å². The van der Waals surface area contributed by atoms with Crippen LogP contribution in [0.25, 0.3) is 0 Å². The summed E-state index contributed by atoms with van der Waals surface area (Å²) in [6, 6.07) is 0.259. The zero-order valence-corrected chi connectivity index (χ0v) is 8.00. The van der Waals surface area contributed by atoms with Gasteiger partial charge >= 0.3 is 6.01 Å². The van der Waals surface area contributed by atoms with Crippen molar-refractivity contribution in [3.8, 4) is 0 Å². The van der Waals surface area contributed by atoms with Gasteiger partial charge in [-0.3, -0.25) is 10.1 Å². The number of amides is 1. The van der Waals surface area contributed by atoms with Gasteiger partial charge < -0.3 is 4.42 Å². The second-order valence-corrected chi connectivity index (χ2v) is 2.97. The van der Waals surface area contributed by atoms with Crippen molar-refractivity contribution < 1.29 is 9.21 Å². The van der Waals surface area contributed by atoms with Crippen LogP contribution in [0, 0.1) is 0 Å². The minimum absolute atomic E-state index is 0.0723. The van der Waals surface area contributed by atoms with E-state index in [4.69, 9.17) is 4.42 Å². The second-order valence-electron chi connectivity index (χ2n) is 2.18. The van der Waals surface area contributed by atoms with Crippen molar-refractivity contribution in [2.75, 3.05) is 10.6 Å². The van der Waals surface area contributed by atoms with Gasteiger partial charge in [0.2, 0.25) is 5.91 Å². The maximum Gasteiger partial charge on any atom is 0.301 e. The fraction of sp³-hybridized carbons (Fsp3) is 0.429. The number of nitrogens with one attached hydrogen (secondary N) is 1. The molecule has 12 heavy (non-hydrogen) atoms. The van der Waals surface area contributed by atoms with E-state index >= 15 is 0 Å². The summed E-state index contributed by atoms with van der Waals surface area (Å²) < 4.78 is 4.83. The van der Waals surface area contributed by atoms with Crippen molar-refractivity contribution in [1.82, 2.24) is 4.98 Å². The molecule has 0 unspecified atom stereocenters. The Bertz CT molecular complexity index is 236. The van der Waals surface area contributed by atoms with Crippen molar-refractivity contribution >= 4 is 27.9 Å². The smallest absolute Gasteiger partial charge is 0.301 e. The Labute approximate surface area is 78.5 Å². The number of aromatic nitrogens is 1. The second kappa shape index (κ2) is 4.92. The first-order valence-electron chi connectivity index (χ1n) is 3.58. The van der Waals surface area contributed by atoms with Gasteiger partial charge in [0.05, 0.1) is 6.20 Å². The summed E-state index contributed by atoms with van der Waals surface area (Å²) in [6.07, 6.45) is 4.19. The Hall–Kier alpha value is -0.840. The fourth-order valence-corrected chi connectivity index (χ4v) is 0.975. The van der Waals surface area contributed by atoms with E-state index in [1.54, 1.807) is 0 Å². The Morgan fingerprint density at radius 1 is 1.75 bits per heavy atom. The van der Waals surface area contributed by atoms with Crippen molar-refractivity contribution in [1.29, 1.82) is 0 Å². The molecule has 0 aliphatic heterocycles. The van der Waals surface area contributed by atoms with Gasteiger partial charge in [-0.25, -0.2) is 4.98 Å². The number of halogens is 1. The Kier molecular flexibility index (Phi) is 3.79. The van der Waals surface area contributed by atoms with Crippen LogP contribution in [0.4, 0.5) is 6.01 Å². The van der Waals surface area contributed by atoms with Gasteiger partial charge in [0.1, 0.15) is 6.26 Å². The van der Waals surface area contributed by atoms with Gasteiger partial charge in [-0.1, -0.05) is 15.9 Å². The van der Waals surface area contributed by atoms with E-state index in [1.165, 1.54) is 12.5 Å². The van der Waals surface area contributed by atoms with E-state index in [-0.39, 0.29) is 11.9 Å². The highest BCUT2D eigenvalue weighted by Crippen LogP contribution is 2.03. The molecule has 66 valence electrons. The number of hydrogen-bond donors (Lipinski definition) is 1. The van der Waals surface area contributed by atoms with E-state index in [0.29, 0.717) is 6.42 Å². The molecule has 0 saturated heterocycles. The maximum absolute atomic E-state index is 11.0. The summed E-state index contributed by atoms with van der Waals surface area (Å²) in [7, 11) is 0. The van der Waals surface area contributed by atoms with E-state index in [1.807, 2.05) is 0 Å². The minimum Gasteiger partial charge on any atom is -0.432 e. The first-order chi connectivity index (χ1) is 5.83. The van der Waals surface area contributed by atoms with Gasteiger partial charge in [0, 0.05) is 11.8 Å². The van der Waals surface area contributed by atoms with Gasteiger partial charge in [-0.2, -0.15) is 0 Å². The molecule has 1 aromatic heterocycles. The monoisotopic (exact) mass is 232 g/mol. The summed E-state index contributed by atoms with van der Waals surface area (Å²) in [5.41, 5.74) is 0. The molecule has 1 N–H and O–H groups in total. The van der Waals surface area contributed by atoms with Crippen LogP contribution < -0.4 is 5.32 Å². The quantitative estimate of drug-likeness (QED) is 0.806. The van der Waals surface area contributed by atoms with E-state index in [0.717, 1.165) is 11.8 Å². The molecule has 1 amide bonds. The lowest BCUT2D eigenvalue weighted by atomic mass is 10.3. The average Bonchev–Trinajstić information content (AvgIpc) is 2.53. The third-order valence-corrected chi connectivity index (χ3v) is 1.78. The first-order valence-corrected chi connectivity index (χ1v) is 4.70. The normalized spacial score (nSPS) is 9.75. The molecule has 0 atom stereocenters. The Morgan fingerprint density at radius 2 is 2.58 bits per heavy atom. The van der Waals surface area contributed by atoms with Crippen LogP contribution in [0.3, 0.4) is 0 Å². The lowest BCUT2D eigenvalue weighted by molar-refractivity contribution is -0.116. The molecule has 1 aromatic rings. The number of carbonyl (C=O) groups is 1. The molecule has 0 radical (unpaired) electrons. The van der Waals surface area contributed by atoms with Crippen LogP contribution in [0.5, 0.6) is 0 Å². The number of anilines is 1. The van der Waals surface area contributed by atoms with Crippen LogP contribution in [0.15, 0.2) is 16.9 Å². The van der Waals surface area contributed by atoms with Crippen LogP contribution in [0.1, 0.15) is 12.8 Å². The molecule has 0 aromatic carbocycles. The highest BCUT2D eigenvalue weighted by atomic mass is 79.9. The van der Waals surface area contributed by atoms with Crippen LogP contribution in [-0.2, 0) is 4.79 Å². The topological polar surface area (TPSA) is 55.1 Å². The largest absolute Gasteiger partial charge is 0.432 e. The number of carbonyl (C=O) groups excluding carboxylic acids is 1. The lowest BCUT2D eigenvalue weighted by Gasteiger charge is -1.97. The van der Waals surface area contributed by atoms with E-state index in [9.17, 15) is 4.79 Å². The SMILES string of the molecule is O=C(CCCBr)Nc1ncco1. The summed E-state index contributed by atoms with van der Waals surface area (Å²) in [4.78, 5) is 14.8. The van der Waals surface area contributed by atoms with Gasteiger partial charge in [0.25, 0.3) is 0 Å². The third kappa shape index (κ3) is 3.04. The molecule has 0 saturated carbocycles. The zero-order valence-electron chi connectivity index (χ0n) is 6.42. The molecule has 0 aliphatic carbocycles. The molecule has 4 nitrogen and oxygen atoms in total. The molecule has 0 fully saturated rings. The zero-order chi connectivity index (χ0) is 8.81. The fourth-order valence-electron chi connectivity index (χ4n) is 0.694. The van der Waals surface area contributed by atoms with Crippen molar-refractivity contribution in [3.63, 3.8) is 0 Å². The third-order valence-electron chi connectivity index (χ3n) is 1.22. The summed E-state index contributed by atoms with van der Waals surface area (Å²) in [5, 5.41) is 3.34. The molecule has 1 heterocycles. The number of oxazole rings is 1. The van der Waals surface area contributed by atoms with Crippen molar-refractivity contribution in [2.24, 2.45) is 0 Å². The van der Waals surface area contributed by atoms with Crippen molar-refractivity contribution in [3.05, 3.63) is 12.5 Å². The molecule has 5 heteroatoms. The summed E-state index contributed by atoms with van der Waals surface area (Å²) >= 11 is 3.24. The maximum atomic E-state index is 11.0. The number of rotatable bonds is 4. The Morgan fingerprint density at radius 3 is 3.17 bits per heavy atom. The molecular formula is C7H9BrN2O2. The summed E-state index contributed by atoms with van der Waals surface area (Å²) in [5.74, 6) is -0.0723. The molecule has 0 bridgehead atoms. The van der Waals surface area contributed by atoms with Gasteiger partial charge in [-0.05, 0) is 6.42 Å². The van der Waals surface area contributed by atoms with Crippen molar-refractivity contribution in [2.45, 2.75) is 12.8 Å². The molecule has 0 spiro atoms. The Balaban J connectivity index is 2.27. The average molecular weight is 233 g/mol. The lowest BCUT2D eigenvalue weighted by Crippen LogP contribution is -2.11. The standard InChI is InChI=1S/C7H9BrN2O2/c8-3-1-2-6(11)10-7-9-4-5-12-7/h4-5H,1-3H2,(H,9,10,11). The molecule has 0 aliphatic rings. The number of hydrogen-bond acceptors (Lipinski definition) is 3. The van der Waals surface area contributed by atoms with Crippen LogP contribution in [-0.4, -0.2) is 16.2 Å². The first kappa shape index (κ1) is 9.25. The predicted octanol–water partition coefficient (Wildman–Crippen LogP) is 1.79. The minimum atomic E-state index is -0.0723. The molecular weight excluding hydrogens is 224 g/mol. The number of nitrogens with zero attached hydrogens (tertiary/aromatic N) is 1. The van der Waals surface area contributed by atoms with E-state index in [2.05, 4.69) is 26.2 Å². The number of alkyl halides is 1. The highest BCUT2D eigenvalue weighted by molar-refractivity contribution is 9.09. The predicted molar refractivity (Wildman–Crippen MR) is 48.2 cm³/mol. The van der Waals surface area contributed by atoms with Gasteiger partial charge in [-0.15, -0.1) is 0 Å². The summed E-state index contributed by atoms with van der Waals surface area (Å²) in [6.45, 7) is 0. The highest BCUT2D eigenvalue weighted by Gasteiger charge is 2.03.